The zero-order valence-corrected chi connectivity index (χ0v) is 11.3. The van der Waals surface area contributed by atoms with E-state index in [9.17, 15) is 0 Å². The predicted octanol–water partition coefficient (Wildman–Crippen LogP) is 2.16. The summed E-state index contributed by atoms with van der Waals surface area (Å²) in [6.45, 7) is 4.36. The van der Waals surface area contributed by atoms with Crippen molar-refractivity contribution in [1.29, 1.82) is 0 Å². The van der Waals surface area contributed by atoms with Gasteiger partial charge in [0, 0.05) is 26.2 Å². The molecule has 0 atom stereocenters. The normalized spacial score (nSPS) is 15.4. The second-order valence-electron chi connectivity index (χ2n) is 5.20. The molecule has 19 heavy (non-hydrogen) atoms. The third-order valence-electron chi connectivity index (χ3n) is 3.74. The van der Waals surface area contributed by atoms with Crippen LogP contribution >= 0.6 is 0 Å². The highest BCUT2D eigenvalue weighted by Gasteiger charge is 2.15. The number of methoxy groups -OCH3 is 1. The Bertz CT molecular complexity index is 564. The fourth-order valence-corrected chi connectivity index (χ4v) is 2.42. The predicted molar refractivity (Wildman–Crippen MR) is 78.6 cm³/mol. The van der Waals surface area contributed by atoms with Crippen molar-refractivity contribution in [3.8, 4) is 5.75 Å². The summed E-state index contributed by atoms with van der Waals surface area (Å²) < 4.78 is 5.24. The first-order valence-electron chi connectivity index (χ1n) is 6.83. The van der Waals surface area contributed by atoms with E-state index in [2.05, 4.69) is 41.0 Å². The number of ether oxygens (including phenoxy) is 1. The highest BCUT2D eigenvalue weighted by Crippen LogP contribution is 2.21. The monoisotopic (exact) mass is 256 g/mol. The van der Waals surface area contributed by atoms with Crippen LogP contribution in [0.1, 0.15) is 5.56 Å². The Morgan fingerprint density at radius 3 is 2.68 bits per heavy atom. The molecule has 3 rings (SSSR count). The summed E-state index contributed by atoms with van der Waals surface area (Å²) in [6, 6.07) is 12.8. The molecule has 0 bridgehead atoms. The van der Waals surface area contributed by atoms with Gasteiger partial charge in [-0.15, -0.1) is 0 Å². The van der Waals surface area contributed by atoms with Crippen LogP contribution in [0.25, 0.3) is 10.8 Å². The molecule has 2 aromatic carbocycles. The minimum Gasteiger partial charge on any atom is -0.497 e. The van der Waals surface area contributed by atoms with E-state index in [-0.39, 0.29) is 0 Å². The zero-order chi connectivity index (χ0) is 13.1. The van der Waals surface area contributed by atoms with Crippen LogP contribution in [0.2, 0.25) is 0 Å². The first kappa shape index (κ1) is 12.5. The molecule has 0 saturated carbocycles. The van der Waals surface area contributed by atoms with Crippen molar-refractivity contribution >= 4 is 10.8 Å². The molecule has 0 amide bonds. The Hall–Kier alpha value is -1.58. The van der Waals surface area contributed by atoms with E-state index in [1.165, 1.54) is 16.3 Å². The van der Waals surface area contributed by atoms with E-state index in [4.69, 9.17) is 4.74 Å². The van der Waals surface area contributed by atoms with E-state index in [0.717, 1.165) is 37.8 Å². The molecule has 1 fully saturated rings. The highest BCUT2D eigenvalue weighted by atomic mass is 16.5. The molecule has 0 spiro atoms. The number of hydrogen-bond donors (Lipinski definition) is 2. The lowest BCUT2D eigenvalue weighted by Crippen LogP contribution is -2.47. The van der Waals surface area contributed by atoms with Crippen molar-refractivity contribution in [3.05, 3.63) is 42.0 Å². The molecule has 0 aliphatic carbocycles. The van der Waals surface area contributed by atoms with Crippen molar-refractivity contribution in [2.75, 3.05) is 26.7 Å². The van der Waals surface area contributed by atoms with Crippen molar-refractivity contribution in [2.45, 2.75) is 6.54 Å². The van der Waals surface area contributed by atoms with E-state index in [1.807, 2.05) is 6.07 Å². The van der Waals surface area contributed by atoms with Crippen LogP contribution in [-0.4, -0.2) is 26.7 Å². The molecule has 2 N–H and O–H groups in total. The fourth-order valence-electron chi connectivity index (χ4n) is 2.42. The van der Waals surface area contributed by atoms with E-state index in [0.29, 0.717) is 0 Å². The molecule has 0 aromatic heterocycles. The summed E-state index contributed by atoms with van der Waals surface area (Å²) in [4.78, 5) is 0. The number of hydrogen-bond acceptors (Lipinski definition) is 3. The van der Waals surface area contributed by atoms with Crippen molar-refractivity contribution < 1.29 is 4.74 Å². The Morgan fingerprint density at radius 2 is 1.95 bits per heavy atom. The van der Waals surface area contributed by atoms with Gasteiger partial charge in [-0.1, -0.05) is 18.2 Å². The zero-order valence-electron chi connectivity index (χ0n) is 11.3. The average molecular weight is 256 g/mol. The summed E-state index contributed by atoms with van der Waals surface area (Å²) in [7, 11) is 1.70. The van der Waals surface area contributed by atoms with Crippen molar-refractivity contribution in [1.82, 2.24) is 10.6 Å². The van der Waals surface area contributed by atoms with Gasteiger partial charge < -0.3 is 15.4 Å². The Labute approximate surface area is 114 Å². The Kier molecular flexibility index (Phi) is 3.67. The van der Waals surface area contributed by atoms with Crippen LogP contribution in [0.5, 0.6) is 5.75 Å². The fraction of sp³-hybridized carbons (Fsp3) is 0.375. The SMILES string of the molecule is COc1ccc2cc(CNCC3CNC3)ccc2c1. The van der Waals surface area contributed by atoms with Crippen molar-refractivity contribution in [2.24, 2.45) is 5.92 Å². The third kappa shape index (κ3) is 2.88. The summed E-state index contributed by atoms with van der Waals surface area (Å²) in [5, 5.41) is 9.32. The lowest BCUT2D eigenvalue weighted by atomic mass is 10.0. The Balaban J connectivity index is 1.66. The van der Waals surface area contributed by atoms with Gasteiger partial charge >= 0.3 is 0 Å². The molecule has 0 unspecified atom stereocenters. The second kappa shape index (κ2) is 5.59. The maximum Gasteiger partial charge on any atom is 0.119 e. The summed E-state index contributed by atoms with van der Waals surface area (Å²) in [6.07, 6.45) is 0. The molecule has 1 aliphatic heterocycles. The molecule has 2 aromatic rings. The maximum absolute atomic E-state index is 5.24. The van der Waals surface area contributed by atoms with E-state index in [1.54, 1.807) is 7.11 Å². The smallest absolute Gasteiger partial charge is 0.119 e. The van der Waals surface area contributed by atoms with Crippen LogP contribution < -0.4 is 15.4 Å². The van der Waals surface area contributed by atoms with Gasteiger partial charge in [0.15, 0.2) is 0 Å². The minimum atomic E-state index is 0.810. The molecule has 3 nitrogen and oxygen atoms in total. The molecule has 0 radical (unpaired) electrons. The van der Waals surface area contributed by atoms with E-state index < -0.39 is 0 Å². The van der Waals surface area contributed by atoms with Gasteiger partial charge in [0.05, 0.1) is 7.11 Å². The van der Waals surface area contributed by atoms with Gasteiger partial charge in [0.25, 0.3) is 0 Å². The van der Waals surface area contributed by atoms with Crippen LogP contribution in [0, 0.1) is 5.92 Å². The first-order chi connectivity index (χ1) is 9.35. The number of rotatable bonds is 5. The molecular weight excluding hydrogens is 236 g/mol. The van der Waals surface area contributed by atoms with E-state index >= 15 is 0 Å². The van der Waals surface area contributed by atoms with Crippen LogP contribution in [-0.2, 0) is 6.54 Å². The standard InChI is InChI=1S/C16H20N2O/c1-19-16-5-4-14-6-12(2-3-15(14)7-16)8-17-9-13-10-18-11-13/h2-7,13,17-18H,8-11H2,1H3. The van der Waals surface area contributed by atoms with Crippen LogP contribution in [0.15, 0.2) is 36.4 Å². The quantitative estimate of drug-likeness (QED) is 0.860. The maximum atomic E-state index is 5.24. The molecule has 3 heteroatoms. The second-order valence-corrected chi connectivity index (χ2v) is 5.20. The third-order valence-corrected chi connectivity index (χ3v) is 3.74. The van der Waals surface area contributed by atoms with Gasteiger partial charge in [-0.25, -0.2) is 0 Å². The molecular formula is C16H20N2O. The first-order valence-corrected chi connectivity index (χ1v) is 6.83. The lowest BCUT2D eigenvalue weighted by Gasteiger charge is -2.27. The molecule has 1 saturated heterocycles. The van der Waals surface area contributed by atoms with Gasteiger partial charge in [-0.05, 0) is 40.5 Å². The highest BCUT2D eigenvalue weighted by molar-refractivity contribution is 5.84. The molecule has 1 heterocycles. The van der Waals surface area contributed by atoms with Crippen LogP contribution in [0.4, 0.5) is 0 Å². The lowest BCUT2D eigenvalue weighted by molar-refractivity contribution is 0.331. The van der Waals surface area contributed by atoms with Gasteiger partial charge in [-0.2, -0.15) is 0 Å². The van der Waals surface area contributed by atoms with Crippen molar-refractivity contribution in [3.63, 3.8) is 0 Å². The van der Waals surface area contributed by atoms with Gasteiger partial charge in [0.1, 0.15) is 5.75 Å². The largest absolute Gasteiger partial charge is 0.497 e. The topological polar surface area (TPSA) is 33.3 Å². The summed E-state index contributed by atoms with van der Waals surface area (Å²) in [5.41, 5.74) is 1.34. The minimum absolute atomic E-state index is 0.810. The molecule has 100 valence electrons. The number of nitrogens with one attached hydrogen (secondary N) is 2. The summed E-state index contributed by atoms with van der Waals surface area (Å²) >= 11 is 0. The van der Waals surface area contributed by atoms with Gasteiger partial charge in [0.2, 0.25) is 0 Å². The Morgan fingerprint density at radius 1 is 1.16 bits per heavy atom. The summed E-state index contributed by atoms with van der Waals surface area (Å²) in [5.74, 6) is 1.72. The number of fused-ring (bicyclic) bond motifs is 1. The average Bonchev–Trinajstić information content (AvgIpc) is 2.41. The molecule has 1 aliphatic rings. The number of benzene rings is 2. The van der Waals surface area contributed by atoms with Crippen LogP contribution in [0.3, 0.4) is 0 Å². The van der Waals surface area contributed by atoms with Gasteiger partial charge in [-0.3, -0.25) is 0 Å².